The first kappa shape index (κ1) is 12.5. The molecule has 2 heteroatoms. The molecule has 0 aliphatic rings. The molecule has 0 heterocycles. The van der Waals surface area contributed by atoms with Crippen molar-refractivity contribution in [2.75, 3.05) is 11.1 Å². The molecule has 0 aromatic heterocycles. The van der Waals surface area contributed by atoms with Crippen molar-refractivity contribution in [3.63, 3.8) is 0 Å². The first-order valence-electron chi connectivity index (χ1n) is 6.40. The van der Waals surface area contributed by atoms with Crippen LogP contribution >= 0.6 is 0 Å². The molecule has 0 bridgehead atoms. The van der Waals surface area contributed by atoms with Crippen molar-refractivity contribution in [3.8, 4) is 0 Å². The number of aryl methyl sites for hydroxylation is 1. The number of hydrogen-bond donors (Lipinski definition) is 2. The summed E-state index contributed by atoms with van der Waals surface area (Å²) in [5.41, 5.74) is 8.99. The number of nitrogens with two attached hydrogens (primary N) is 1. The molecule has 2 rings (SSSR count). The van der Waals surface area contributed by atoms with Gasteiger partial charge in [-0.3, -0.25) is 0 Å². The molecular formula is C16H20N2. The Hall–Kier alpha value is -1.96. The van der Waals surface area contributed by atoms with Crippen molar-refractivity contribution in [3.05, 3.63) is 60.2 Å². The van der Waals surface area contributed by atoms with Gasteiger partial charge in [-0.2, -0.15) is 0 Å². The molecule has 2 aromatic rings. The minimum Gasteiger partial charge on any atom is -0.399 e. The monoisotopic (exact) mass is 240 g/mol. The Labute approximate surface area is 109 Å². The Morgan fingerprint density at radius 1 is 1.00 bits per heavy atom. The average molecular weight is 240 g/mol. The molecule has 0 saturated heterocycles. The van der Waals surface area contributed by atoms with E-state index < -0.39 is 0 Å². The van der Waals surface area contributed by atoms with E-state index in [0.717, 1.165) is 24.2 Å². The van der Waals surface area contributed by atoms with E-state index in [-0.39, 0.29) is 0 Å². The van der Waals surface area contributed by atoms with Gasteiger partial charge in [0, 0.05) is 17.4 Å². The van der Waals surface area contributed by atoms with Crippen molar-refractivity contribution in [1.82, 2.24) is 0 Å². The van der Waals surface area contributed by atoms with Crippen LogP contribution in [0.5, 0.6) is 0 Å². The van der Waals surface area contributed by atoms with E-state index >= 15 is 0 Å². The number of hydrogen-bond acceptors (Lipinski definition) is 2. The number of nitrogen functional groups attached to an aromatic ring is 1. The van der Waals surface area contributed by atoms with Gasteiger partial charge in [0.05, 0.1) is 0 Å². The van der Waals surface area contributed by atoms with Gasteiger partial charge in [-0.25, -0.2) is 0 Å². The number of nitrogens with one attached hydrogen (secondary N) is 1. The van der Waals surface area contributed by atoms with Crippen LogP contribution in [-0.2, 0) is 6.42 Å². The van der Waals surface area contributed by atoms with E-state index in [1.165, 1.54) is 5.56 Å². The standard InChI is InChI=1S/C16H20N2/c1-13(7-8-14-5-3-2-4-6-14)18-16-11-9-15(17)10-12-16/h2-6,9-13,18H,7-8,17H2,1H3. The van der Waals surface area contributed by atoms with E-state index in [1.807, 2.05) is 24.3 Å². The summed E-state index contributed by atoms with van der Waals surface area (Å²) in [7, 11) is 0. The number of benzene rings is 2. The van der Waals surface area contributed by atoms with Gasteiger partial charge in [-0.15, -0.1) is 0 Å². The zero-order valence-corrected chi connectivity index (χ0v) is 10.8. The molecule has 94 valence electrons. The lowest BCUT2D eigenvalue weighted by Crippen LogP contribution is -2.15. The first-order valence-corrected chi connectivity index (χ1v) is 6.40. The van der Waals surface area contributed by atoms with E-state index in [9.17, 15) is 0 Å². The largest absolute Gasteiger partial charge is 0.399 e. The minimum atomic E-state index is 0.453. The molecule has 0 radical (unpaired) electrons. The predicted molar refractivity (Wildman–Crippen MR) is 78.7 cm³/mol. The molecular weight excluding hydrogens is 220 g/mol. The molecule has 18 heavy (non-hydrogen) atoms. The van der Waals surface area contributed by atoms with Crippen LogP contribution in [0.1, 0.15) is 18.9 Å². The second-order valence-electron chi connectivity index (χ2n) is 4.69. The fourth-order valence-corrected chi connectivity index (χ4v) is 1.96. The quantitative estimate of drug-likeness (QED) is 0.782. The molecule has 0 aliphatic carbocycles. The summed E-state index contributed by atoms with van der Waals surface area (Å²) in [6, 6.07) is 18.9. The van der Waals surface area contributed by atoms with Crippen LogP contribution in [0.2, 0.25) is 0 Å². The lowest BCUT2D eigenvalue weighted by atomic mass is 10.1. The Morgan fingerprint density at radius 2 is 1.67 bits per heavy atom. The average Bonchev–Trinajstić information content (AvgIpc) is 2.40. The maximum Gasteiger partial charge on any atom is 0.0343 e. The normalized spacial score (nSPS) is 12.1. The van der Waals surface area contributed by atoms with Crippen LogP contribution in [0.15, 0.2) is 54.6 Å². The summed E-state index contributed by atoms with van der Waals surface area (Å²) in [6.07, 6.45) is 2.22. The summed E-state index contributed by atoms with van der Waals surface area (Å²) < 4.78 is 0. The highest BCUT2D eigenvalue weighted by atomic mass is 14.9. The second-order valence-corrected chi connectivity index (χ2v) is 4.69. The van der Waals surface area contributed by atoms with Crippen molar-refractivity contribution < 1.29 is 0 Å². The molecule has 3 N–H and O–H groups in total. The molecule has 0 amide bonds. The van der Waals surface area contributed by atoms with Gasteiger partial charge in [0.15, 0.2) is 0 Å². The third-order valence-corrected chi connectivity index (χ3v) is 3.03. The van der Waals surface area contributed by atoms with Crippen molar-refractivity contribution in [2.24, 2.45) is 0 Å². The molecule has 2 nitrogen and oxygen atoms in total. The molecule has 0 fully saturated rings. The number of rotatable bonds is 5. The van der Waals surface area contributed by atoms with Crippen LogP contribution in [-0.4, -0.2) is 6.04 Å². The summed E-state index contributed by atoms with van der Waals surface area (Å²) in [5.74, 6) is 0. The lowest BCUT2D eigenvalue weighted by Gasteiger charge is -2.15. The van der Waals surface area contributed by atoms with Gasteiger partial charge in [0.2, 0.25) is 0 Å². The molecule has 1 atom stereocenters. The van der Waals surface area contributed by atoms with Gasteiger partial charge in [0.25, 0.3) is 0 Å². The SMILES string of the molecule is CC(CCc1ccccc1)Nc1ccc(N)cc1. The maximum atomic E-state index is 5.66. The fourth-order valence-electron chi connectivity index (χ4n) is 1.96. The molecule has 2 aromatic carbocycles. The minimum absolute atomic E-state index is 0.453. The van der Waals surface area contributed by atoms with Crippen molar-refractivity contribution in [1.29, 1.82) is 0 Å². The van der Waals surface area contributed by atoms with Gasteiger partial charge in [-0.05, 0) is 49.6 Å². The Morgan fingerprint density at radius 3 is 2.33 bits per heavy atom. The zero-order valence-electron chi connectivity index (χ0n) is 10.8. The summed E-state index contributed by atoms with van der Waals surface area (Å²) in [5, 5.41) is 3.48. The fraction of sp³-hybridized carbons (Fsp3) is 0.250. The molecule has 1 unspecified atom stereocenters. The highest BCUT2D eigenvalue weighted by Crippen LogP contribution is 2.13. The molecule has 0 saturated carbocycles. The summed E-state index contributed by atoms with van der Waals surface area (Å²) >= 11 is 0. The maximum absolute atomic E-state index is 5.66. The summed E-state index contributed by atoms with van der Waals surface area (Å²) in [4.78, 5) is 0. The number of anilines is 2. The van der Waals surface area contributed by atoms with E-state index in [0.29, 0.717) is 6.04 Å². The van der Waals surface area contributed by atoms with Crippen molar-refractivity contribution >= 4 is 11.4 Å². The van der Waals surface area contributed by atoms with Gasteiger partial charge in [0.1, 0.15) is 0 Å². The van der Waals surface area contributed by atoms with Crippen LogP contribution in [0, 0.1) is 0 Å². The summed E-state index contributed by atoms with van der Waals surface area (Å²) in [6.45, 7) is 2.21. The highest BCUT2D eigenvalue weighted by Gasteiger charge is 2.02. The van der Waals surface area contributed by atoms with Crippen molar-refractivity contribution in [2.45, 2.75) is 25.8 Å². The van der Waals surface area contributed by atoms with E-state index in [2.05, 4.69) is 42.6 Å². The van der Waals surface area contributed by atoms with Gasteiger partial charge in [-0.1, -0.05) is 30.3 Å². The first-order chi connectivity index (χ1) is 8.74. The van der Waals surface area contributed by atoms with E-state index in [4.69, 9.17) is 5.73 Å². The Bertz CT molecular complexity index is 462. The Kier molecular flexibility index (Phi) is 4.24. The zero-order chi connectivity index (χ0) is 12.8. The third-order valence-electron chi connectivity index (χ3n) is 3.03. The lowest BCUT2D eigenvalue weighted by molar-refractivity contribution is 0.706. The Balaban J connectivity index is 1.82. The molecule has 0 spiro atoms. The van der Waals surface area contributed by atoms with Crippen LogP contribution in [0.3, 0.4) is 0 Å². The predicted octanol–water partition coefficient (Wildman–Crippen LogP) is 3.70. The van der Waals surface area contributed by atoms with Crippen LogP contribution in [0.25, 0.3) is 0 Å². The van der Waals surface area contributed by atoms with Crippen LogP contribution in [0.4, 0.5) is 11.4 Å². The van der Waals surface area contributed by atoms with E-state index in [1.54, 1.807) is 0 Å². The third kappa shape index (κ3) is 3.81. The topological polar surface area (TPSA) is 38.0 Å². The van der Waals surface area contributed by atoms with Gasteiger partial charge >= 0.3 is 0 Å². The second kappa shape index (κ2) is 6.10. The highest BCUT2D eigenvalue weighted by molar-refractivity contribution is 5.51. The van der Waals surface area contributed by atoms with Gasteiger partial charge < -0.3 is 11.1 Å². The van der Waals surface area contributed by atoms with Crippen LogP contribution < -0.4 is 11.1 Å². The molecule has 0 aliphatic heterocycles. The smallest absolute Gasteiger partial charge is 0.0343 e.